The highest BCUT2D eigenvalue weighted by Crippen LogP contribution is 2.26. The largest absolute Gasteiger partial charge is 0.324 e. The Hall–Kier alpha value is -3.50. The Morgan fingerprint density at radius 2 is 2.00 bits per heavy atom. The molecule has 6 nitrogen and oxygen atoms in total. The molecule has 7 heteroatoms. The van der Waals surface area contributed by atoms with Crippen LogP contribution in [0.3, 0.4) is 0 Å². The third kappa shape index (κ3) is 3.54. The second kappa shape index (κ2) is 6.95. The number of nitriles is 1. The summed E-state index contributed by atoms with van der Waals surface area (Å²) in [5.41, 5.74) is 0.919. The van der Waals surface area contributed by atoms with Gasteiger partial charge in [-0.05, 0) is 23.1 Å². The van der Waals surface area contributed by atoms with Crippen molar-refractivity contribution < 1.29 is 9.72 Å². The van der Waals surface area contributed by atoms with Crippen molar-refractivity contribution in [1.82, 2.24) is 0 Å². The summed E-state index contributed by atoms with van der Waals surface area (Å²) in [6.45, 7) is 0. The number of hydrogen-bond donors (Lipinski definition) is 1. The molecule has 25 heavy (non-hydrogen) atoms. The first-order valence-electron chi connectivity index (χ1n) is 7.22. The van der Waals surface area contributed by atoms with Gasteiger partial charge in [-0.15, -0.1) is 0 Å². The third-order valence-electron chi connectivity index (χ3n) is 3.50. The summed E-state index contributed by atoms with van der Waals surface area (Å²) in [5.74, 6) is -0.562. The maximum Gasteiger partial charge on any atom is 0.324 e. The quantitative estimate of drug-likeness (QED) is 0.328. The number of thiophene rings is 1. The zero-order chi connectivity index (χ0) is 17.8. The number of rotatable bonds is 4. The highest BCUT2D eigenvalue weighted by atomic mass is 32.1. The van der Waals surface area contributed by atoms with E-state index >= 15 is 0 Å². The molecule has 3 aromatic rings. The van der Waals surface area contributed by atoms with Crippen molar-refractivity contribution in [2.45, 2.75) is 0 Å². The van der Waals surface area contributed by atoms with Gasteiger partial charge in [-0.3, -0.25) is 14.9 Å². The van der Waals surface area contributed by atoms with E-state index in [0.29, 0.717) is 11.3 Å². The van der Waals surface area contributed by atoms with Crippen LogP contribution < -0.4 is 5.32 Å². The van der Waals surface area contributed by atoms with Crippen LogP contribution in [0.25, 0.3) is 16.8 Å². The van der Waals surface area contributed by atoms with Crippen LogP contribution in [-0.4, -0.2) is 10.8 Å². The Balaban J connectivity index is 1.88. The van der Waals surface area contributed by atoms with E-state index in [9.17, 15) is 20.2 Å². The lowest BCUT2D eigenvalue weighted by atomic mass is 10.1. The van der Waals surface area contributed by atoms with Crippen LogP contribution in [0.2, 0.25) is 0 Å². The molecule has 1 N–H and O–H groups in total. The van der Waals surface area contributed by atoms with E-state index in [1.165, 1.54) is 17.5 Å². The second-order valence-electron chi connectivity index (χ2n) is 5.13. The number of carbonyl (C=O) groups is 1. The van der Waals surface area contributed by atoms with Gasteiger partial charge >= 0.3 is 5.00 Å². The Kier molecular flexibility index (Phi) is 4.55. The monoisotopic (exact) mass is 349 g/mol. The number of amides is 1. The number of benzene rings is 2. The average molecular weight is 349 g/mol. The highest BCUT2D eigenvalue weighted by molar-refractivity contribution is 7.13. The zero-order valence-electron chi connectivity index (χ0n) is 12.8. The van der Waals surface area contributed by atoms with Gasteiger partial charge in [0, 0.05) is 22.5 Å². The smallest absolute Gasteiger partial charge is 0.321 e. The van der Waals surface area contributed by atoms with Crippen LogP contribution in [0.1, 0.15) is 5.56 Å². The van der Waals surface area contributed by atoms with Crippen LogP contribution in [0.4, 0.5) is 10.7 Å². The summed E-state index contributed by atoms with van der Waals surface area (Å²) in [4.78, 5) is 22.6. The van der Waals surface area contributed by atoms with Gasteiger partial charge in [-0.1, -0.05) is 47.7 Å². The molecule has 0 saturated heterocycles. The van der Waals surface area contributed by atoms with Gasteiger partial charge in [0.25, 0.3) is 5.91 Å². The molecule has 0 fully saturated rings. The molecular weight excluding hydrogens is 338 g/mol. The maximum absolute atomic E-state index is 12.4. The van der Waals surface area contributed by atoms with E-state index in [2.05, 4.69) is 5.32 Å². The summed E-state index contributed by atoms with van der Waals surface area (Å²) < 4.78 is 0. The summed E-state index contributed by atoms with van der Waals surface area (Å²) >= 11 is 0.943. The standard InChI is InChI=1S/C18H11N3O3S/c19-10-14(8-12-9-17(21(23)24)25-11-12)18(22)20-16-7-3-5-13-4-1-2-6-15(13)16/h1-9,11H,(H,20,22)/b14-8-. The van der Waals surface area contributed by atoms with Gasteiger partial charge in [0.05, 0.1) is 4.92 Å². The molecule has 122 valence electrons. The highest BCUT2D eigenvalue weighted by Gasteiger charge is 2.13. The molecule has 3 rings (SSSR count). The number of nitrogens with one attached hydrogen (secondary N) is 1. The minimum Gasteiger partial charge on any atom is -0.321 e. The lowest BCUT2D eigenvalue weighted by Crippen LogP contribution is -2.13. The Morgan fingerprint density at radius 3 is 2.72 bits per heavy atom. The van der Waals surface area contributed by atoms with Crippen molar-refractivity contribution in [2.75, 3.05) is 5.32 Å². The molecule has 0 aliphatic carbocycles. The van der Waals surface area contributed by atoms with Crippen molar-refractivity contribution in [3.05, 3.63) is 75.2 Å². The van der Waals surface area contributed by atoms with Gasteiger partial charge in [0.1, 0.15) is 11.6 Å². The first kappa shape index (κ1) is 16.4. The first-order valence-corrected chi connectivity index (χ1v) is 8.10. The van der Waals surface area contributed by atoms with Crippen LogP contribution in [0.15, 0.2) is 59.5 Å². The molecule has 1 amide bonds. The molecule has 0 unspecified atom stereocenters. The molecule has 0 spiro atoms. The predicted molar refractivity (Wildman–Crippen MR) is 97.1 cm³/mol. The van der Waals surface area contributed by atoms with E-state index in [-0.39, 0.29) is 10.6 Å². The fraction of sp³-hybridized carbons (Fsp3) is 0. The molecular formula is C18H11N3O3S. The van der Waals surface area contributed by atoms with Gasteiger partial charge in [-0.2, -0.15) is 5.26 Å². The lowest BCUT2D eigenvalue weighted by molar-refractivity contribution is -0.380. The molecule has 0 aliphatic rings. The van der Waals surface area contributed by atoms with E-state index in [0.717, 1.165) is 22.1 Å². The molecule has 0 bridgehead atoms. The minimum atomic E-state index is -0.562. The number of fused-ring (bicyclic) bond motifs is 1. The van der Waals surface area contributed by atoms with Crippen LogP contribution in [0.5, 0.6) is 0 Å². The zero-order valence-corrected chi connectivity index (χ0v) is 13.6. The van der Waals surface area contributed by atoms with Crippen molar-refractivity contribution in [3.8, 4) is 6.07 Å². The van der Waals surface area contributed by atoms with Gasteiger partial charge in [-0.25, -0.2) is 0 Å². The molecule has 1 heterocycles. The van der Waals surface area contributed by atoms with Crippen molar-refractivity contribution in [1.29, 1.82) is 5.26 Å². The van der Waals surface area contributed by atoms with Gasteiger partial charge < -0.3 is 5.32 Å². The van der Waals surface area contributed by atoms with Gasteiger partial charge in [0.2, 0.25) is 0 Å². The molecule has 2 aromatic carbocycles. The van der Waals surface area contributed by atoms with Gasteiger partial charge in [0.15, 0.2) is 0 Å². The van der Waals surface area contributed by atoms with Crippen LogP contribution in [0, 0.1) is 21.4 Å². The SMILES string of the molecule is N#C/C(=C/c1csc([N+](=O)[O-])c1)C(=O)Nc1cccc2ccccc12. The minimum absolute atomic E-state index is 0.0435. The van der Waals surface area contributed by atoms with E-state index in [1.54, 1.807) is 6.07 Å². The summed E-state index contributed by atoms with van der Waals surface area (Å²) in [5, 5.41) is 26.0. The Bertz CT molecular complexity index is 1040. The van der Waals surface area contributed by atoms with E-state index < -0.39 is 10.8 Å². The number of nitrogens with zero attached hydrogens (tertiary/aromatic N) is 2. The maximum atomic E-state index is 12.4. The van der Waals surface area contributed by atoms with Crippen LogP contribution in [-0.2, 0) is 4.79 Å². The van der Waals surface area contributed by atoms with Crippen molar-refractivity contribution >= 4 is 44.8 Å². The van der Waals surface area contributed by atoms with E-state index in [1.807, 2.05) is 42.5 Å². The predicted octanol–water partition coefficient (Wildman–Crippen LogP) is 4.36. The average Bonchev–Trinajstić information content (AvgIpc) is 3.09. The summed E-state index contributed by atoms with van der Waals surface area (Å²) in [6.07, 6.45) is 1.34. The topological polar surface area (TPSA) is 96.0 Å². The van der Waals surface area contributed by atoms with Crippen molar-refractivity contribution in [3.63, 3.8) is 0 Å². The fourth-order valence-electron chi connectivity index (χ4n) is 2.35. The Morgan fingerprint density at radius 1 is 1.24 bits per heavy atom. The molecule has 0 atom stereocenters. The Labute approximate surface area is 146 Å². The molecule has 0 saturated carbocycles. The number of hydrogen-bond acceptors (Lipinski definition) is 5. The molecule has 1 aromatic heterocycles. The number of carbonyl (C=O) groups excluding carboxylic acids is 1. The fourth-order valence-corrected chi connectivity index (χ4v) is 3.03. The van der Waals surface area contributed by atoms with E-state index in [4.69, 9.17) is 0 Å². The van der Waals surface area contributed by atoms with Crippen molar-refractivity contribution in [2.24, 2.45) is 0 Å². The normalized spacial score (nSPS) is 11.1. The van der Waals surface area contributed by atoms with Crippen LogP contribution >= 0.6 is 11.3 Å². The lowest BCUT2D eigenvalue weighted by Gasteiger charge is -2.08. The summed E-state index contributed by atoms with van der Waals surface area (Å²) in [7, 11) is 0. The third-order valence-corrected chi connectivity index (χ3v) is 4.40. The number of anilines is 1. The molecule has 0 aliphatic heterocycles. The molecule has 0 radical (unpaired) electrons. The summed E-state index contributed by atoms with van der Waals surface area (Å²) in [6, 6.07) is 16.2. The number of nitro groups is 1. The first-order chi connectivity index (χ1) is 12.1. The second-order valence-corrected chi connectivity index (χ2v) is 6.02.